The summed E-state index contributed by atoms with van der Waals surface area (Å²) in [4.78, 5) is 45.5. The smallest absolute Gasteiger partial charge is 0.281 e. The zero-order valence-electron chi connectivity index (χ0n) is 21.4. The maximum absolute atomic E-state index is 14.3. The molecule has 0 radical (unpaired) electrons. The third kappa shape index (κ3) is 4.52. The monoisotopic (exact) mass is 578 g/mol. The molecule has 6 rings (SSSR count). The quantitative estimate of drug-likeness (QED) is 0.503. The van der Waals surface area contributed by atoms with Gasteiger partial charge in [0.05, 0.1) is 16.3 Å². The van der Waals surface area contributed by atoms with Gasteiger partial charge in [-0.2, -0.15) is 0 Å². The summed E-state index contributed by atoms with van der Waals surface area (Å²) in [7, 11) is 0. The van der Waals surface area contributed by atoms with Gasteiger partial charge in [-0.1, -0.05) is 17.7 Å². The molecule has 1 aromatic carbocycles. The molecular formula is C28H27ClF4N4O3. The molecule has 1 aromatic heterocycles. The molecule has 1 saturated heterocycles. The number of aromatic nitrogens is 1. The molecule has 3 fully saturated rings. The van der Waals surface area contributed by atoms with Crippen LogP contribution in [0, 0.1) is 11.7 Å². The number of amides is 3. The molecule has 1 spiro atoms. The van der Waals surface area contributed by atoms with E-state index in [1.807, 2.05) is 0 Å². The third-order valence-corrected chi connectivity index (χ3v) is 8.87. The summed E-state index contributed by atoms with van der Waals surface area (Å²) in [5, 5.41) is 2.88. The SMILES string of the molecule is O=C(N[C@H]1CC[C@H](CN2C(=O)C3(CN(C(=O)C4(F)CC4)C3)c3ccc(F)cc32)CC1)c1cc(Cl)cnc1C(F)F. The molecule has 1 N–H and O–H groups in total. The summed E-state index contributed by atoms with van der Waals surface area (Å²) < 4.78 is 55.3. The Balaban J connectivity index is 1.10. The second kappa shape index (κ2) is 9.71. The van der Waals surface area contributed by atoms with E-state index in [1.165, 1.54) is 23.1 Å². The van der Waals surface area contributed by atoms with Crippen molar-refractivity contribution in [3.8, 4) is 0 Å². The lowest BCUT2D eigenvalue weighted by Gasteiger charge is -2.47. The molecule has 2 aliphatic carbocycles. The predicted octanol–water partition coefficient (Wildman–Crippen LogP) is 4.73. The van der Waals surface area contributed by atoms with Crippen LogP contribution in [0.3, 0.4) is 0 Å². The minimum atomic E-state index is -2.92. The van der Waals surface area contributed by atoms with Crippen LogP contribution in [-0.4, -0.2) is 59.0 Å². The Kier molecular flexibility index (Phi) is 6.55. The Labute approximate surface area is 232 Å². The molecule has 12 heteroatoms. The normalized spacial score (nSPS) is 24.2. The number of nitrogens with zero attached hydrogens (tertiary/aromatic N) is 3. The van der Waals surface area contributed by atoms with Crippen molar-refractivity contribution in [3.63, 3.8) is 0 Å². The van der Waals surface area contributed by atoms with Crippen LogP contribution in [0.5, 0.6) is 0 Å². The van der Waals surface area contributed by atoms with E-state index in [-0.39, 0.29) is 54.4 Å². The van der Waals surface area contributed by atoms with Gasteiger partial charge in [-0.25, -0.2) is 17.6 Å². The van der Waals surface area contributed by atoms with E-state index in [0.29, 0.717) is 43.5 Å². The van der Waals surface area contributed by atoms with Crippen molar-refractivity contribution in [2.45, 2.75) is 62.1 Å². The van der Waals surface area contributed by atoms with Gasteiger partial charge in [-0.05, 0) is 68.2 Å². The van der Waals surface area contributed by atoms with Gasteiger partial charge >= 0.3 is 0 Å². The number of benzene rings is 1. The molecule has 2 saturated carbocycles. The van der Waals surface area contributed by atoms with Crippen LogP contribution in [0.1, 0.15) is 66.6 Å². The van der Waals surface area contributed by atoms with Gasteiger partial charge in [-0.3, -0.25) is 19.4 Å². The number of anilines is 1. The number of carbonyl (C=O) groups is 3. The van der Waals surface area contributed by atoms with E-state index in [2.05, 4.69) is 10.3 Å². The summed E-state index contributed by atoms with van der Waals surface area (Å²) in [5.74, 6) is -1.88. The van der Waals surface area contributed by atoms with Crippen molar-refractivity contribution in [3.05, 3.63) is 58.1 Å². The van der Waals surface area contributed by atoms with Crippen molar-refractivity contribution in [1.29, 1.82) is 0 Å². The van der Waals surface area contributed by atoms with Gasteiger partial charge in [0.25, 0.3) is 18.2 Å². The molecule has 3 heterocycles. The Morgan fingerprint density at radius 1 is 1.12 bits per heavy atom. The molecule has 0 unspecified atom stereocenters. The average molecular weight is 579 g/mol. The Morgan fingerprint density at radius 2 is 1.82 bits per heavy atom. The highest BCUT2D eigenvalue weighted by Gasteiger charge is 2.63. The summed E-state index contributed by atoms with van der Waals surface area (Å²) in [5.41, 5.74) is -2.57. The molecule has 4 aliphatic rings. The van der Waals surface area contributed by atoms with Gasteiger partial charge in [0.15, 0.2) is 5.67 Å². The highest BCUT2D eigenvalue weighted by molar-refractivity contribution is 6.30. The number of alkyl halides is 3. The van der Waals surface area contributed by atoms with Gasteiger partial charge in [-0.15, -0.1) is 0 Å². The Bertz CT molecular complexity index is 1390. The van der Waals surface area contributed by atoms with Crippen LogP contribution >= 0.6 is 11.6 Å². The maximum Gasteiger partial charge on any atom is 0.281 e. The van der Waals surface area contributed by atoms with Gasteiger partial charge < -0.3 is 15.1 Å². The highest BCUT2D eigenvalue weighted by atomic mass is 35.5. The molecule has 2 aliphatic heterocycles. The van der Waals surface area contributed by atoms with E-state index in [4.69, 9.17) is 11.6 Å². The first-order valence-electron chi connectivity index (χ1n) is 13.4. The number of hydrogen-bond acceptors (Lipinski definition) is 4. The maximum atomic E-state index is 14.3. The number of nitrogens with one attached hydrogen (secondary N) is 1. The fraction of sp³-hybridized carbons (Fsp3) is 0.500. The van der Waals surface area contributed by atoms with Crippen LogP contribution in [0.15, 0.2) is 30.5 Å². The lowest BCUT2D eigenvalue weighted by atomic mass is 9.74. The molecular weight excluding hydrogens is 552 g/mol. The number of likely N-dealkylation sites (tertiary alicyclic amines) is 1. The second-order valence-corrected chi connectivity index (χ2v) is 11.8. The van der Waals surface area contributed by atoms with Crippen molar-refractivity contribution < 1.29 is 31.9 Å². The fourth-order valence-electron chi connectivity index (χ4n) is 6.27. The number of carbonyl (C=O) groups excluding carboxylic acids is 3. The molecule has 3 amide bonds. The number of rotatable bonds is 6. The molecule has 0 bridgehead atoms. The lowest BCUT2D eigenvalue weighted by Crippen LogP contribution is -2.66. The van der Waals surface area contributed by atoms with Crippen molar-refractivity contribution in [2.24, 2.45) is 5.92 Å². The average Bonchev–Trinajstić information content (AvgIpc) is 3.61. The summed E-state index contributed by atoms with van der Waals surface area (Å²) >= 11 is 5.87. The van der Waals surface area contributed by atoms with Gasteiger partial charge in [0.1, 0.15) is 16.9 Å². The first kappa shape index (κ1) is 27.0. The first-order valence-corrected chi connectivity index (χ1v) is 13.7. The molecule has 7 nitrogen and oxygen atoms in total. The Morgan fingerprint density at radius 3 is 2.48 bits per heavy atom. The minimum Gasteiger partial charge on any atom is -0.349 e. The molecule has 40 heavy (non-hydrogen) atoms. The standard InChI is InChI=1S/C28H27ClF4N4O3/c29-16-9-19(22(23(31)32)34-11-16)24(38)35-18-4-1-15(2-5-18)12-37-21-10-17(30)3-6-20(21)27(25(37)39)13-36(14-27)26(40)28(33)7-8-28/h3,6,9-11,15,18,23H,1-2,4-5,7-8,12-14H2,(H,35,38)/t15-,18-. The fourth-order valence-corrected chi connectivity index (χ4v) is 6.43. The van der Waals surface area contributed by atoms with Crippen molar-refractivity contribution in [1.82, 2.24) is 15.2 Å². The van der Waals surface area contributed by atoms with E-state index in [9.17, 15) is 31.9 Å². The number of pyridine rings is 1. The van der Waals surface area contributed by atoms with E-state index >= 15 is 0 Å². The van der Waals surface area contributed by atoms with Crippen LogP contribution in [0.25, 0.3) is 0 Å². The van der Waals surface area contributed by atoms with Gasteiger partial charge in [0.2, 0.25) is 5.91 Å². The summed E-state index contributed by atoms with van der Waals surface area (Å²) in [6.07, 6.45) is 0.982. The van der Waals surface area contributed by atoms with Crippen LogP contribution < -0.4 is 10.2 Å². The van der Waals surface area contributed by atoms with Crippen LogP contribution in [0.2, 0.25) is 5.02 Å². The first-order chi connectivity index (χ1) is 19.0. The van der Waals surface area contributed by atoms with Crippen LogP contribution in [-0.2, 0) is 15.0 Å². The number of halogens is 5. The lowest BCUT2D eigenvalue weighted by molar-refractivity contribution is -0.149. The summed E-state index contributed by atoms with van der Waals surface area (Å²) in [6, 6.07) is 5.13. The van der Waals surface area contributed by atoms with E-state index in [1.54, 1.807) is 11.0 Å². The zero-order valence-corrected chi connectivity index (χ0v) is 22.2. The van der Waals surface area contributed by atoms with Crippen molar-refractivity contribution in [2.75, 3.05) is 24.5 Å². The van der Waals surface area contributed by atoms with E-state index < -0.39 is 40.8 Å². The largest absolute Gasteiger partial charge is 0.349 e. The van der Waals surface area contributed by atoms with Crippen LogP contribution in [0.4, 0.5) is 23.2 Å². The number of fused-ring (bicyclic) bond motifs is 2. The summed E-state index contributed by atoms with van der Waals surface area (Å²) in [6.45, 7) is 0.485. The number of hydrogen-bond donors (Lipinski definition) is 1. The third-order valence-electron chi connectivity index (χ3n) is 8.66. The van der Waals surface area contributed by atoms with E-state index in [0.717, 1.165) is 6.20 Å². The topological polar surface area (TPSA) is 82.6 Å². The van der Waals surface area contributed by atoms with Gasteiger partial charge in [0, 0.05) is 31.9 Å². The molecule has 212 valence electrons. The second-order valence-electron chi connectivity index (χ2n) is 11.4. The van der Waals surface area contributed by atoms with Crippen molar-refractivity contribution >= 4 is 35.0 Å². The molecule has 2 aromatic rings. The predicted molar refractivity (Wildman–Crippen MR) is 138 cm³/mol. The molecule has 0 atom stereocenters. The Hall–Kier alpha value is -3.21. The zero-order chi connectivity index (χ0) is 28.4. The highest BCUT2D eigenvalue weighted by Crippen LogP contribution is 2.51. The minimum absolute atomic E-state index is 0.0613.